The third kappa shape index (κ3) is 7.95. The van der Waals surface area contributed by atoms with Gasteiger partial charge in [0.15, 0.2) is 5.96 Å². The Hall–Kier alpha value is -0.870. The number of piperidine rings is 1. The monoisotopic (exact) mass is 508 g/mol. The van der Waals surface area contributed by atoms with E-state index in [0.29, 0.717) is 18.4 Å². The second-order valence-electron chi connectivity index (χ2n) is 6.76. The fourth-order valence-electron chi connectivity index (χ4n) is 3.53. The van der Waals surface area contributed by atoms with Gasteiger partial charge in [-0.3, -0.25) is 14.7 Å². The van der Waals surface area contributed by atoms with E-state index < -0.39 is 0 Å². The first-order chi connectivity index (χ1) is 12.7. The van der Waals surface area contributed by atoms with E-state index in [1.807, 2.05) is 11.3 Å². The molecule has 1 aliphatic rings. The number of rotatable bonds is 8. The summed E-state index contributed by atoms with van der Waals surface area (Å²) in [6, 6.07) is 4.87. The van der Waals surface area contributed by atoms with Gasteiger partial charge in [0.2, 0.25) is 0 Å². The average molecular weight is 508 g/mol. The highest BCUT2D eigenvalue weighted by molar-refractivity contribution is 14.0. The van der Waals surface area contributed by atoms with Gasteiger partial charge in [0.25, 0.3) is 0 Å². The number of carbonyl (C=O) groups excluding carboxylic acids is 1. The summed E-state index contributed by atoms with van der Waals surface area (Å²) in [5.74, 6) is 1.26. The molecule has 1 aliphatic heterocycles. The maximum atomic E-state index is 11.1. The van der Waals surface area contributed by atoms with Crippen molar-refractivity contribution >= 4 is 47.2 Å². The number of unbranched alkanes of at least 4 members (excludes halogenated alkanes) is 1. The molecule has 2 rings (SSSR count). The van der Waals surface area contributed by atoms with Crippen LogP contribution in [0.25, 0.3) is 0 Å². The largest absolute Gasteiger partial charge is 0.469 e. The van der Waals surface area contributed by atoms with E-state index in [9.17, 15) is 4.79 Å². The quantitative estimate of drug-likeness (QED) is 0.186. The van der Waals surface area contributed by atoms with E-state index in [2.05, 4.69) is 49.8 Å². The summed E-state index contributed by atoms with van der Waals surface area (Å²) in [5.41, 5.74) is 0. The van der Waals surface area contributed by atoms with Crippen molar-refractivity contribution in [3.63, 3.8) is 0 Å². The standard InChI is InChI=1S/C19H32N4O2S.HI/c1-20-19(21-11-5-4-10-17(24)25-3)22-14-15-8-6-12-23(2)18(15)16-9-7-13-26-16;/h7,9,13,15,18H,4-6,8,10-12,14H2,1-3H3,(H2,20,21,22);1H. The molecule has 0 bridgehead atoms. The molecule has 0 amide bonds. The number of hydrogen-bond acceptors (Lipinski definition) is 5. The van der Waals surface area contributed by atoms with E-state index in [4.69, 9.17) is 0 Å². The Morgan fingerprint density at radius 1 is 1.41 bits per heavy atom. The lowest BCUT2D eigenvalue weighted by molar-refractivity contribution is -0.140. The number of guanidine groups is 1. The van der Waals surface area contributed by atoms with Gasteiger partial charge < -0.3 is 15.4 Å². The van der Waals surface area contributed by atoms with Gasteiger partial charge >= 0.3 is 5.97 Å². The van der Waals surface area contributed by atoms with Crippen LogP contribution >= 0.6 is 35.3 Å². The summed E-state index contributed by atoms with van der Waals surface area (Å²) in [7, 11) is 5.46. The SMILES string of the molecule is CN=C(NCCCCC(=O)OC)NCC1CCCN(C)C1c1cccs1.I. The Bertz CT molecular complexity index is 568. The Kier molecular flexibility index (Phi) is 11.9. The Morgan fingerprint density at radius 2 is 2.22 bits per heavy atom. The molecule has 0 radical (unpaired) electrons. The maximum absolute atomic E-state index is 11.1. The van der Waals surface area contributed by atoms with Gasteiger partial charge in [-0.15, -0.1) is 35.3 Å². The van der Waals surface area contributed by atoms with Crippen molar-refractivity contribution in [3.05, 3.63) is 22.4 Å². The number of halogens is 1. The minimum Gasteiger partial charge on any atom is -0.469 e. The first-order valence-electron chi connectivity index (χ1n) is 9.40. The molecule has 2 atom stereocenters. The molecule has 154 valence electrons. The number of esters is 1. The second-order valence-corrected chi connectivity index (χ2v) is 7.74. The predicted molar refractivity (Wildman–Crippen MR) is 123 cm³/mol. The number of thiophene rings is 1. The van der Waals surface area contributed by atoms with E-state index in [-0.39, 0.29) is 29.9 Å². The van der Waals surface area contributed by atoms with Crippen molar-refractivity contribution < 1.29 is 9.53 Å². The lowest BCUT2D eigenvalue weighted by Crippen LogP contribution is -2.45. The fraction of sp³-hybridized carbons (Fsp3) is 0.684. The number of nitrogens with zero attached hydrogens (tertiary/aromatic N) is 2. The van der Waals surface area contributed by atoms with Crippen molar-refractivity contribution in [1.29, 1.82) is 0 Å². The van der Waals surface area contributed by atoms with Crippen LogP contribution in [0.3, 0.4) is 0 Å². The molecule has 1 saturated heterocycles. The van der Waals surface area contributed by atoms with Gasteiger partial charge in [0, 0.05) is 37.5 Å². The third-order valence-corrected chi connectivity index (χ3v) is 5.87. The van der Waals surface area contributed by atoms with Crippen LogP contribution in [0.15, 0.2) is 22.5 Å². The van der Waals surface area contributed by atoms with Crippen LogP contribution in [0.5, 0.6) is 0 Å². The van der Waals surface area contributed by atoms with Crippen LogP contribution < -0.4 is 10.6 Å². The number of likely N-dealkylation sites (tertiary alicyclic amines) is 1. The minimum absolute atomic E-state index is 0. The molecular weight excluding hydrogens is 475 g/mol. The lowest BCUT2D eigenvalue weighted by Gasteiger charge is -2.39. The molecule has 6 nitrogen and oxygen atoms in total. The van der Waals surface area contributed by atoms with Crippen molar-refractivity contribution in [2.24, 2.45) is 10.9 Å². The van der Waals surface area contributed by atoms with Gasteiger partial charge in [-0.05, 0) is 56.6 Å². The highest BCUT2D eigenvalue weighted by Gasteiger charge is 2.31. The Morgan fingerprint density at radius 3 is 2.89 bits per heavy atom. The highest BCUT2D eigenvalue weighted by Crippen LogP contribution is 2.36. The molecule has 0 spiro atoms. The molecule has 1 fully saturated rings. The van der Waals surface area contributed by atoms with Crippen LogP contribution in [0, 0.1) is 5.92 Å². The molecule has 2 unspecified atom stereocenters. The second kappa shape index (κ2) is 13.3. The third-order valence-electron chi connectivity index (χ3n) is 4.92. The van der Waals surface area contributed by atoms with Crippen LogP contribution in [0.2, 0.25) is 0 Å². The predicted octanol–water partition coefficient (Wildman–Crippen LogP) is 3.26. The van der Waals surface area contributed by atoms with Crippen molar-refractivity contribution in [2.45, 2.75) is 38.1 Å². The number of methoxy groups -OCH3 is 1. The van der Waals surface area contributed by atoms with E-state index >= 15 is 0 Å². The number of nitrogens with one attached hydrogen (secondary N) is 2. The Balaban J connectivity index is 0.00000364. The summed E-state index contributed by atoms with van der Waals surface area (Å²) in [6.07, 6.45) is 4.69. The number of ether oxygens (including phenoxy) is 1. The summed E-state index contributed by atoms with van der Waals surface area (Å²) < 4.78 is 4.66. The van der Waals surface area contributed by atoms with E-state index in [1.165, 1.54) is 24.8 Å². The van der Waals surface area contributed by atoms with Crippen molar-refractivity contribution in [3.8, 4) is 0 Å². The summed E-state index contributed by atoms with van der Waals surface area (Å²) in [4.78, 5) is 19.4. The van der Waals surface area contributed by atoms with Crippen LogP contribution in [0.4, 0.5) is 0 Å². The molecule has 1 aromatic heterocycles. The molecule has 0 aliphatic carbocycles. The van der Waals surface area contributed by atoms with E-state index in [1.54, 1.807) is 7.05 Å². The summed E-state index contributed by atoms with van der Waals surface area (Å²) in [5, 5.41) is 8.99. The topological polar surface area (TPSA) is 66.0 Å². The summed E-state index contributed by atoms with van der Waals surface area (Å²) >= 11 is 1.85. The molecule has 8 heteroatoms. The van der Waals surface area contributed by atoms with Gasteiger partial charge in [-0.25, -0.2) is 0 Å². The molecule has 0 saturated carbocycles. The van der Waals surface area contributed by atoms with Crippen LogP contribution in [-0.4, -0.2) is 57.7 Å². The minimum atomic E-state index is -0.145. The highest BCUT2D eigenvalue weighted by atomic mass is 127. The molecule has 1 aromatic rings. The zero-order chi connectivity index (χ0) is 18.8. The number of carbonyl (C=O) groups is 1. The molecule has 2 heterocycles. The zero-order valence-corrected chi connectivity index (χ0v) is 19.7. The smallest absolute Gasteiger partial charge is 0.305 e. The van der Waals surface area contributed by atoms with Gasteiger partial charge in [0.05, 0.1) is 7.11 Å². The van der Waals surface area contributed by atoms with Crippen LogP contribution in [0.1, 0.15) is 43.0 Å². The lowest BCUT2D eigenvalue weighted by atomic mass is 9.88. The van der Waals surface area contributed by atoms with E-state index in [0.717, 1.165) is 38.4 Å². The zero-order valence-electron chi connectivity index (χ0n) is 16.6. The molecule has 2 N–H and O–H groups in total. The maximum Gasteiger partial charge on any atom is 0.305 e. The van der Waals surface area contributed by atoms with Gasteiger partial charge in [0.1, 0.15) is 0 Å². The van der Waals surface area contributed by atoms with Gasteiger partial charge in [-0.2, -0.15) is 0 Å². The number of hydrogen-bond donors (Lipinski definition) is 2. The molecule has 0 aromatic carbocycles. The van der Waals surface area contributed by atoms with Crippen LogP contribution in [-0.2, 0) is 9.53 Å². The number of aliphatic imine (C=N–C) groups is 1. The first kappa shape index (κ1) is 24.2. The van der Waals surface area contributed by atoms with Crippen molar-refractivity contribution in [1.82, 2.24) is 15.5 Å². The summed E-state index contributed by atoms with van der Waals surface area (Å²) in [6.45, 7) is 2.87. The van der Waals surface area contributed by atoms with Crippen molar-refractivity contribution in [2.75, 3.05) is 40.8 Å². The molecular formula is C19H33IN4O2S. The van der Waals surface area contributed by atoms with Gasteiger partial charge in [-0.1, -0.05) is 6.07 Å². The normalized spacial score (nSPS) is 20.6. The first-order valence-corrected chi connectivity index (χ1v) is 10.3. The fourth-order valence-corrected chi connectivity index (χ4v) is 4.52. The average Bonchev–Trinajstić information content (AvgIpc) is 3.17. The Labute approximate surface area is 184 Å². The molecule has 27 heavy (non-hydrogen) atoms.